The number of carbonyl (C=O) groups excluding carboxylic acids is 2. The number of aliphatic carboxylic acids is 1. The first-order chi connectivity index (χ1) is 14.5. The molecule has 2 aromatic rings. The van der Waals surface area contributed by atoms with Crippen LogP contribution in [0.5, 0.6) is 0 Å². The number of rotatable bonds is 9. The average Bonchev–Trinajstić information content (AvgIpc) is 2.71. The summed E-state index contributed by atoms with van der Waals surface area (Å²) in [5.41, 5.74) is 1.20. The second-order valence-corrected chi connectivity index (χ2v) is 8.68. The SMILES string of the molecule is COC(=O)C(CC(=O)O)NC(=O)c1ccc(-c2ccccc2S(=O)(=O)NC(C)C)cc1. The van der Waals surface area contributed by atoms with E-state index in [-0.39, 0.29) is 16.5 Å². The number of nitrogens with one attached hydrogen (secondary N) is 2. The minimum Gasteiger partial charge on any atom is -0.481 e. The fourth-order valence-corrected chi connectivity index (χ4v) is 4.35. The normalized spacial score (nSPS) is 12.3. The summed E-state index contributed by atoms with van der Waals surface area (Å²) >= 11 is 0. The molecule has 1 atom stereocenters. The van der Waals surface area contributed by atoms with E-state index in [1.807, 2.05) is 0 Å². The van der Waals surface area contributed by atoms with Gasteiger partial charge in [0.25, 0.3) is 5.91 Å². The molecule has 0 aromatic heterocycles. The predicted molar refractivity (Wildman–Crippen MR) is 113 cm³/mol. The van der Waals surface area contributed by atoms with E-state index < -0.39 is 40.3 Å². The summed E-state index contributed by atoms with van der Waals surface area (Å²) in [5.74, 6) is -2.80. The van der Waals surface area contributed by atoms with Crippen molar-refractivity contribution < 1.29 is 32.6 Å². The van der Waals surface area contributed by atoms with E-state index in [0.29, 0.717) is 11.1 Å². The lowest BCUT2D eigenvalue weighted by Crippen LogP contribution is -2.42. The zero-order valence-corrected chi connectivity index (χ0v) is 18.1. The van der Waals surface area contributed by atoms with Gasteiger partial charge in [0.2, 0.25) is 10.0 Å². The smallest absolute Gasteiger partial charge is 0.328 e. The van der Waals surface area contributed by atoms with Gasteiger partial charge in [-0.1, -0.05) is 30.3 Å². The van der Waals surface area contributed by atoms with Gasteiger partial charge in [0, 0.05) is 17.2 Å². The topological polar surface area (TPSA) is 139 Å². The highest BCUT2D eigenvalue weighted by Crippen LogP contribution is 2.27. The van der Waals surface area contributed by atoms with Crippen LogP contribution in [0.25, 0.3) is 11.1 Å². The number of benzene rings is 2. The van der Waals surface area contributed by atoms with Crippen molar-refractivity contribution in [2.75, 3.05) is 7.11 Å². The second kappa shape index (κ2) is 10.2. The number of methoxy groups -OCH3 is 1. The van der Waals surface area contributed by atoms with Crippen LogP contribution in [0.1, 0.15) is 30.6 Å². The second-order valence-electron chi connectivity index (χ2n) is 7.00. The fourth-order valence-electron chi connectivity index (χ4n) is 2.87. The molecule has 1 unspecified atom stereocenters. The van der Waals surface area contributed by atoms with Crippen molar-refractivity contribution >= 4 is 27.9 Å². The van der Waals surface area contributed by atoms with Gasteiger partial charge in [0.05, 0.1) is 18.4 Å². The van der Waals surface area contributed by atoms with Crippen molar-refractivity contribution in [3.05, 3.63) is 54.1 Å². The first-order valence-corrected chi connectivity index (χ1v) is 10.9. The summed E-state index contributed by atoms with van der Waals surface area (Å²) in [6, 6.07) is 10.9. The lowest BCUT2D eigenvalue weighted by atomic mass is 10.0. The predicted octanol–water partition coefficient (Wildman–Crippen LogP) is 1.79. The monoisotopic (exact) mass is 448 g/mol. The Balaban J connectivity index is 2.29. The lowest BCUT2D eigenvalue weighted by molar-refractivity contribution is -0.147. The number of amides is 1. The summed E-state index contributed by atoms with van der Waals surface area (Å²) in [5, 5.41) is 11.2. The summed E-state index contributed by atoms with van der Waals surface area (Å²) in [7, 11) is -2.65. The van der Waals surface area contributed by atoms with Crippen LogP contribution in [0.3, 0.4) is 0 Å². The molecule has 1 amide bonds. The maximum absolute atomic E-state index is 12.6. The standard InChI is InChI=1S/C21H24N2O7S/c1-13(2)23-31(28,29)18-7-5-4-6-16(18)14-8-10-15(11-9-14)20(26)22-17(12-19(24)25)21(27)30-3/h4-11,13,17,23H,12H2,1-3H3,(H,22,26)(H,24,25). The van der Waals surface area contributed by atoms with Gasteiger partial charge in [-0.05, 0) is 37.6 Å². The minimum absolute atomic E-state index is 0.105. The first kappa shape index (κ1) is 24.0. The molecule has 0 aliphatic heterocycles. The van der Waals surface area contributed by atoms with Crippen LogP contribution in [0, 0.1) is 0 Å². The number of hydrogen-bond donors (Lipinski definition) is 3. The Bertz CT molecular complexity index is 1060. The number of esters is 1. The Morgan fingerprint density at radius 2 is 1.65 bits per heavy atom. The van der Waals surface area contributed by atoms with Gasteiger partial charge in [-0.3, -0.25) is 9.59 Å². The first-order valence-electron chi connectivity index (χ1n) is 9.37. The number of ether oxygens (including phenoxy) is 1. The highest BCUT2D eigenvalue weighted by Gasteiger charge is 2.25. The third-order valence-corrected chi connectivity index (χ3v) is 5.91. The molecule has 166 valence electrons. The molecule has 2 rings (SSSR count). The van der Waals surface area contributed by atoms with Crippen molar-refractivity contribution in [1.29, 1.82) is 0 Å². The van der Waals surface area contributed by atoms with Crippen molar-refractivity contribution in [2.24, 2.45) is 0 Å². The van der Waals surface area contributed by atoms with Crippen molar-refractivity contribution in [1.82, 2.24) is 10.0 Å². The number of carboxylic acids is 1. The number of hydrogen-bond acceptors (Lipinski definition) is 6. The van der Waals surface area contributed by atoms with E-state index in [1.165, 1.54) is 18.2 Å². The molecule has 0 heterocycles. The molecule has 3 N–H and O–H groups in total. The van der Waals surface area contributed by atoms with Crippen LogP contribution in [0.2, 0.25) is 0 Å². The molecule has 9 nitrogen and oxygen atoms in total. The number of carboxylic acid groups (broad SMARTS) is 1. The van der Waals surface area contributed by atoms with Crippen molar-refractivity contribution in [3.8, 4) is 11.1 Å². The van der Waals surface area contributed by atoms with E-state index >= 15 is 0 Å². The van der Waals surface area contributed by atoms with Gasteiger partial charge >= 0.3 is 11.9 Å². The van der Waals surface area contributed by atoms with E-state index in [4.69, 9.17) is 5.11 Å². The van der Waals surface area contributed by atoms with E-state index in [9.17, 15) is 22.8 Å². The molecular formula is C21H24N2O7S. The van der Waals surface area contributed by atoms with E-state index in [1.54, 1.807) is 44.2 Å². The number of carbonyl (C=O) groups is 3. The molecule has 10 heteroatoms. The molecule has 0 aliphatic carbocycles. The third kappa shape index (κ3) is 6.37. The molecule has 0 radical (unpaired) electrons. The molecule has 0 aliphatic rings. The molecule has 2 aromatic carbocycles. The molecule has 0 fully saturated rings. The molecule has 0 spiro atoms. The highest BCUT2D eigenvalue weighted by atomic mass is 32.2. The fraction of sp³-hybridized carbons (Fsp3) is 0.286. The molecule has 31 heavy (non-hydrogen) atoms. The van der Waals surface area contributed by atoms with Crippen LogP contribution < -0.4 is 10.0 Å². The zero-order valence-electron chi connectivity index (χ0n) is 17.3. The van der Waals surface area contributed by atoms with Gasteiger partial charge in [-0.25, -0.2) is 17.9 Å². The van der Waals surface area contributed by atoms with Crippen LogP contribution in [0.15, 0.2) is 53.4 Å². The third-order valence-electron chi connectivity index (χ3n) is 4.20. The molecule has 0 bridgehead atoms. The van der Waals surface area contributed by atoms with Gasteiger partial charge < -0.3 is 15.2 Å². The average molecular weight is 448 g/mol. The zero-order chi connectivity index (χ0) is 23.2. The van der Waals surface area contributed by atoms with Gasteiger partial charge in [0.15, 0.2) is 0 Å². The Hall–Kier alpha value is -3.24. The van der Waals surface area contributed by atoms with Crippen LogP contribution in [-0.2, 0) is 24.3 Å². The maximum Gasteiger partial charge on any atom is 0.328 e. The molecule has 0 saturated carbocycles. The van der Waals surface area contributed by atoms with Crippen LogP contribution in [-0.4, -0.2) is 50.6 Å². The molecule has 0 saturated heterocycles. The van der Waals surface area contributed by atoms with Crippen LogP contribution in [0.4, 0.5) is 0 Å². The number of sulfonamides is 1. The van der Waals surface area contributed by atoms with E-state index in [2.05, 4.69) is 14.8 Å². The Labute approximate surface area is 180 Å². The Morgan fingerprint density at radius 1 is 1.03 bits per heavy atom. The summed E-state index contributed by atoms with van der Waals surface area (Å²) in [6.07, 6.45) is -0.620. The van der Waals surface area contributed by atoms with Crippen LogP contribution >= 0.6 is 0 Å². The summed E-state index contributed by atoms with van der Waals surface area (Å²) < 4.78 is 32.4. The minimum atomic E-state index is -3.74. The van der Waals surface area contributed by atoms with Crippen molar-refractivity contribution in [3.63, 3.8) is 0 Å². The highest BCUT2D eigenvalue weighted by molar-refractivity contribution is 7.89. The quantitative estimate of drug-likeness (QED) is 0.497. The lowest BCUT2D eigenvalue weighted by Gasteiger charge is -2.15. The summed E-state index contributed by atoms with van der Waals surface area (Å²) in [4.78, 5) is 35.2. The van der Waals surface area contributed by atoms with Gasteiger partial charge in [-0.15, -0.1) is 0 Å². The largest absolute Gasteiger partial charge is 0.481 e. The Morgan fingerprint density at radius 3 is 2.19 bits per heavy atom. The van der Waals surface area contributed by atoms with Gasteiger partial charge in [-0.2, -0.15) is 0 Å². The van der Waals surface area contributed by atoms with Gasteiger partial charge in [0.1, 0.15) is 6.04 Å². The molecular weight excluding hydrogens is 424 g/mol. The maximum atomic E-state index is 12.6. The van der Waals surface area contributed by atoms with E-state index in [0.717, 1.165) is 7.11 Å². The van der Waals surface area contributed by atoms with Crippen molar-refractivity contribution in [2.45, 2.75) is 37.2 Å². The Kier molecular flexibility index (Phi) is 7.89. The summed E-state index contributed by atoms with van der Waals surface area (Å²) in [6.45, 7) is 3.44.